The van der Waals surface area contributed by atoms with Crippen LogP contribution in [0, 0.1) is 12.7 Å². The SMILES string of the molecule is CC1=CC(c2c([C@H](OC(C)(C)C)C(=O)O)c(C)nc3cc(-c4ncc(Cc5ccc(F)cc5)s4)nn23)NCC1. The first-order valence-corrected chi connectivity index (χ1v) is 13.7. The molecule has 2 N–H and O–H groups in total. The van der Waals surface area contributed by atoms with Gasteiger partial charge in [0.15, 0.2) is 11.8 Å². The Balaban J connectivity index is 1.62. The third-order valence-electron chi connectivity index (χ3n) is 6.52. The van der Waals surface area contributed by atoms with Crippen molar-refractivity contribution in [3.8, 4) is 10.7 Å². The molecule has 1 aliphatic rings. The van der Waals surface area contributed by atoms with Crippen LogP contribution in [0.4, 0.5) is 4.39 Å². The van der Waals surface area contributed by atoms with Gasteiger partial charge < -0.3 is 15.2 Å². The second-order valence-corrected chi connectivity index (χ2v) is 12.0. The summed E-state index contributed by atoms with van der Waals surface area (Å²) in [5.41, 5.74) is 4.55. The molecule has 1 unspecified atom stereocenters. The summed E-state index contributed by atoms with van der Waals surface area (Å²) in [6, 6.07) is 8.06. The number of benzene rings is 1. The molecule has 4 aromatic rings. The van der Waals surface area contributed by atoms with Crippen molar-refractivity contribution in [2.75, 3.05) is 6.54 Å². The van der Waals surface area contributed by atoms with Crippen LogP contribution >= 0.6 is 11.3 Å². The summed E-state index contributed by atoms with van der Waals surface area (Å²) in [5, 5.41) is 19.4. The zero-order valence-electron chi connectivity index (χ0n) is 22.7. The molecule has 1 aliphatic heterocycles. The van der Waals surface area contributed by atoms with Crippen molar-refractivity contribution < 1.29 is 19.0 Å². The van der Waals surface area contributed by atoms with Gasteiger partial charge in [0.2, 0.25) is 0 Å². The van der Waals surface area contributed by atoms with E-state index in [-0.39, 0.29) is 11.9 Å². The Labute approximate surface area is 230 Å². The predicted octanol–water partition coefficient (Wildman–Crippen LogP) is 5.81. The first kappa shape index (κ1) is 27.1. The molecular formula is C29H32FN5O3S. The molecule has 4 heterocycles. The number of ether oxygens (including phenoxy) is 1. The van der Waals surface area contributed by atoms with Crippen molar-refractivity contribution in [3.05, 3.63) is 81.4 Å². The number of nitrogens with one attached hydrogen (secondary N) is 1. The lowest BCUT2D eigenvalue weighted by molar-refractivity contribution is -0.161. The van der Waals surface area contributed by atoms with E-state index in [1.807, 2.05) is 40.0 Å². The molecule has 39 heavy (non-hydrogen) atoms. The number of nitrogens with zero attached hydrogens (tertiary/aromatic N) is 4. The molecule has 0 fully saturated rings. The first-order chi connectivity index (χ1) is 18.5. The Kier molecular flexibility index (Phi) is 7.37. The highest BCUT2D eigenvalue weighted by atomic mass is 32.1. The summed E-state index contributed by atoms with van der Waals surface area (Å²) in [5.74, 6) is -1.34. The van der Waals surface area contributed by atoms with Gasteiger partial charge in [-0.2, -0.15) is 5.10 Å². The van der Waals surface area contributed by atoms with Crippen LogP contribution in [0.1, 0.15) is 73.7 Å². The van der Waals surface area contributed by atoms with Crippen LogP contribution in [0.5, 0.6) is 0 Å². The van der Waals surface area contributed by atoms with Crippen molar-refractivity contribution in [1.82, 2.24) is 24.9 Å². The highest BCUT2D eigenvalue weighted by molar-refractivity contribution is 7.15. The minimum Gasteiger partial charge on any atom is -0.479 e. The van der Waals surface area contributed by atoms with E-state index in [1.54, 1.807) is 16.6 Å². The minimum atomic E-state index is -1.22. The maximum Gasteiger partial charge on any atom is 0.337 e. The number of carboxylic acids is 1. The molecule has 0 saturated heterocycles. The fourth-order valence-corrected chi connectivity index (χ4v) is 5.71. The van der Waals surface area contributed by atoms with E-state index >= 15 is 0 Å². The second kappa shape index (κ2) is 10.6. The standard InChI is InChI=1S/C29H32FN5O3S/c1-16-10-11-31-21(12-16)25-24(26(28(36)37)38-29(3,4)5)17(2)33-23-14-22(34-35(23)25)27-32-15-20(39-27)13-18-6-8-19(30)9-7-18/h6-9,12,14-15,21,26,31H,10-11,13H2,1-5H3,(H,36,37)/t21?,26-/m0/s1. The molecule has 8 nitrogen and oxygen atoms in total. The predicted molar refractivity (Wildman–Crippen MR) is 148 cm³/mol. The maximum absolute atomic E-state index is 13.3. The number of aromatic nitrogens is 4. The average molecular weight is 550 g/mol. The van der Waals surface area contributed by atoms with E-state index in [4.69, 9.17) is 14.8 Å². The zero-order valence-corrected chi connectivity index (χ0v) is 23.5. The van der Waals surface area contributed by atoms with Crippen molar-refractivity contribution in [2.24, 2.45) is 0 Å². The molecule has 3 aromatic heterocycles. The number of thiazole rings is 1. The number of hydrogen-bond donors (Lipinski definition) is 2. The largest absolute Gasteiger partial charge is 0.479 e. The van der Waals surface area contributed by atoms with E-state index < -0.39 is 17.7 Å². The van der Waals surface area contributed by atoms with Gasteiger partial charge in [0.25, 0.3) is 0 Å². The number of fused-ring (bicyclic) bond motifs is 1. The normalized spacial score (nSPS) is 16.9. The summed E-state index contributed by atoms with van der Waals surface area (Å²) in [6.45, 7) is 10.2. The molecule has 5 rings (SSSR count). The molecule has 0 amide bonds. The van der Waals surface area contributed by atoms with E-state index in [0.717, 1.165) is 28.4 Å². The Bertz CT molecular complexity index is 1550. The molecule has 204 valence electrons. The number of carbonyl (C=O) groups is 1. The smallest absolute Gasteiger partial charge is 0.337 e. The van der Waals surface area contributed by atoms with Crippen LogP contribution in [0.25, 0.3) is 16.3 Å². The number of aliphatic carboxylic acids is 1. The fourth-order valence-electron chi connectivity index (χ4n) is 4.81. The van der Waals surface area contributed by atoms with Crippen LogP contribution in [0.3, 0.4) is 0 Å². The minimum absolute atomic E-state index is 0.262. The monoisotopic (exact) mass is 549 g/mol. The Morgan fingerprint density at radius 1 is 1.28 bits per heavy atom. The highest BCUT2D eigenvalue weighted by Crippen LogP contribution is 2.36. The van der Waals surface area contributed by atoms with E-state index in [0.29, 0.717) is 34.7 Å². The first-order valence-electron chi connectivity index (χ1n) is 12.9. The molecule has 0 radical (unpaired) electrons. The number of aryl methyl sites for hydroxylation is 1. The molecule has 10 heteroatoms. The molecular weight excluding hydrogens is 517 g/mol. The van der Waals surface area contributed by atoms with Gasteiger partial charge in [-0.1, -0.05) is 23.8 Å². The van der Waals surface area contributed by atoms with Crippen molar-refractivity contribution in [3.63, 3.8) is 0 Å². The number of halogens is 1. The quantitative estimate of drug-likeness (QED) is 0.280. The average Bonchev–Trinajstić information content (AvgIpc) is 3.49. The second-order valence-electron chi connectivity index (χ2n) is 10.9. The molecule has 0 saturated carbocycles. The highest BCUT2D eigenvalue weighted by Gasteiger charge is 2.35. The molecule has 0 spiro atoms. The van der Waals surface area contributed by atoms with Gasteiger partial charge in [0.05, 0.1) is 17.3 Å². The van der Waals surface area contributed by atoms with Gasteiger partial charge in [-0.15, -0.1) is 11.3 Å². The van der Waals surface area contributed by atoms with Crippen LogP contribution in [0.2, 0.25) is 0 Å². The number of carboxylic acid groups (broad SMARTS) is 1. The Hall–Kier alpha value is -3.47. The molecule has 0 bridgehead atoms. The van der Waals surface area contributed by atoms with Gasteiger partial charge in [-0.05, 0) is 65.3 Å². The third kappa shape index (κ3) is 5.93. The van der Waals surface area contributed by atoms with Gasteiger partial charge >= 0.3 is 5.97 Å². The van der Waals surface area contributed by atoms with Crippen LogP contribution < -0.4 is 5.32 Å². The van der Waals surface area contributed by atoms with E-state index in [1.165, 1.54) is 29.0 Å². The number of rotatable bonds is 7. The lowest BCUT2D eigenvalue weighted by atomic mass is 9.95. The van der Waals surface area contributed by atoms with Crippen molar-refractivity contribution in [2.45, 2.75) is 65.2 Å². The molecule has 0 aliphatic carbocycles. The Morgan fingerprint density at radius 3 is 2.69 bits per heavy atom. The summed E-state index contributed by atoms with van der Waals surface area (Å²) < 4.78 is 21.1. The fraction of sp³-hybridized carbons (Fsp3) is 0.379. The summed E-state index contributed by atoms with van der Waals surface area (Å²) in [4.78, 5) is 22.9. The van der Waals surface area contributed by atoms with Gasteiger partial charge in [0.1, 0.15) is 16.5 Å². The third-order valence-corrected chi connectivity index (χ3v) is 7.54. The number of hydrogen-bond acceptors (Lipinski definition) is 7. The van der Waals surface area contributed by atoms with Crippen molar-refractivity contribution in [1.29, 1.82) is 0 Å². The topological polar surface area (TPSA) is 102 Å². The lowest BCUT2D eigenvalue weighted by Crippen LogP contribution is -2.33. The van der Waals surface area contributed by atoms with Gasteiger partial charge in [-0.3, -0.25) is 0 Å². The molecule has 2 atom stereocenters. The lowest BCUT2D eigenvalue weighted by Gasteiger charge is -2.30. The van der Waals surface area contributed by atoms with Gasteiger partial charge in [0, 0.05) is 34.8 Å². The summed E-state index contributed by atoms with van der Waals surface area (Å²) >= 11 is 1.51. The maximum atomic E-state index is 13.3. The van der Waals surface area contributed by atoms with Gasteiger partial charge in [-0.25, -0.2) is 23.7 Å². The van der Waals surface area contributed by atoms with Crippen LogP contribution in [-0.2, 0) is 16.0 Å². The van der Waals surface area contributed by atoms with Crippen LogP contribution in [0.15, 0.2) is 48.2 Å². The molecule has 1 aromatic carbocycles. The summed E-state index contributed by atoms with van der Waals surface area (Å²) in [7, 11) is 0. The summed E-state index contributed by atoms with van der Waals surface area (Å²) in [6.07, 6.45) is 4.26. The van der Waals surface area contributed by atoms with E-state index in [9.17, 15) is 14.3 Å². The van der Waals surface area contributed by atoms with Crippen molar-refractivity contribution >= 4 is 23.0 Å². The zero-order chi connectivity index (χ0) is 27.9. The van der Waals surface area contributed by atoms with Crippen LogP contribution in [-0.4, -0.2) is 42.8 Å². The van der Waals surface area contributed by atoms with E-state index in [2.05, 4.69) is 23.3 Å². The Morgan fingerprint density at radius 2 is 2.03 bits per heavy atom.